The molecule has 1 heterocycles. The molecule has 2 N–H and O–H groups in total. The lowest BCUT2D eigenvalue weighted by molar-refractivity contribution is 0.0599. The molecule has 24 heavy (non-hydrogen) atoms. The minimum Gasteiger partial charge on any atom is -0.465 e. The number of ether oxygens (including phenoxy) is 1. The molecular formula is C16H16F2N2O3S. The maximum Gasteiger partial charge on any atom is 0.339 e. The van der Waals surface area contributed by atoms with Crippen LogP contribution in [0.4, 0.5) is 14.5 Å². The number of benzene rings is 1. The van der Waals surface area contributed by atoms with Crippen LogP contribution in [0.25, 0.3) is 0 Å². The number of halogens is 2. The number of aryl methyl sites for hydroxylation is 1. The molecule has 0 radical (unpaired) electrons. The SMILES string of the molecule is COC(=O)c1c(C)[nH]c(C(=O)Nc2ccccc2SC(F)F)c1C. The lowest BCUT2D eigenvalue weighted by Crippen LogP contribution is -2.14. The predicted octanol–water partition coefficient (Wildman–Crippen LogP) is 3.99. The average Bonchev–Trinajstić information content (AvgIpc) is 2.83. The van der Waals surface area contributed by atoms with Crippen LogP contribution in [0.15, 0.2) is 29.2 Å². The van der Waals surface area contributed by atoms with Gasteiger partial charge in [0.05, 0.1) is 18.4 Å². The molecule has 2 aromatic rings. The summed E-state index contributed by atoms with van der Waals surface area (Å²) in [5, 5.41) is 2.59. The van der Waals surface area contributed by atoms with Crippen LogP contribution in [-0.4, -0.2) is 29.7 Å². The van der Waals surface area contributed by atoms with Crippen molar-refractivity contribution in [1.29, 1.82) is 0 Å². The highest BCUT2D eigenvalue weighted by atomic mass is 32.2. The Labute approximate surface area is 141 Å². The van der Waals surface area contributed by atoms with Crippen molar-refractivity contribution >= 4 is 29.3 Å². The minimum absolute atomic E-state index is 0.185. The highest BCUT2D eigenvalue weighted by Gasteiger charge is 2.23. The number of H-pyrrole nitrogens is 1. The fourth-order valence-corrected chi connectivity index (χ4v) is 2.93. The zero-order chi connectivity index (χ0) is 17.9. The van der Waals surface area contributed by atoms with Gasteiger partial charge in [-0.25, -0.2) is 4.79 Å². The van der Waals surface area contributed by atoms with Crippen molar-refractivity contribution in [3.05, 3.63) is 46.8 Å². The number of hydrogen-bond acceptors (Lipinski definition) is 4. The van der Waals surface area contributed by atoms with Crippen LogP contribution in [0, 0.1) is 13.8 Å². The quantitative estimate of drug-likeness (QED) is 0.629. The molecule has 0 bridgehead atoms. The zero-order valence-electron chi connectivity index (χ0n) is 13.3. The molecule has 5 nitrogen and oxygen atoms in total. The summed E-state index contributed by atoms with van der Waals surface area (Å²) < 4.78 is 29.9. The number of para-hydroxylation sites is 1. The van der Waals surface area contributed by atoms with Gasteiger partial charge >= 0.3 is 5.97 Å². The van der Waals surface area contributed by atoms with Crippen LogP contribution in [0.1, 0.15) is 32.1 Å². The van der Waals surface area contributed by atoms with E-state index in [9.17, 15) is 18.4 Å². The van der Waals surface area contributed by atoms with Gasteiger partial charge in [0.1, 0.15) is 5.69 Å². The molecule has 0 unspecified atom stereocenters. The summed E-state index contributed by atoms with van der Waals surface area (Å²) >= 11 is 0.351. The largest absolute Gasteiger partial charge is 0.465 e. The van der Waals surface area contributed by atoms with E-state index in [2.05, 4.69) is 10.3 Å². The van der Waals surface area contributed by atoms with E-state index in [1.165, 1.54) is 19.2 Å². The second kappa shape index (κ2) is 7.48. The number of anilines is 1. The second-order valence-electron chi connectivity index (χ2n) is 4.95. The van der Waals surface area contributed by atoms with Gasteiger partial charge in [0.25, 0.3) is 11.7 Å². The van der Waals surface area contributed by atoms with Gasteiger partial charge < -0.3 is 15.0 Å². The first-order valence-corrected chi connectivity index (χ1v) is 7.85. The Kier molecular flexibility index (Phi) is 5.61. The first kappa shape index (κ1) is 18.0. The highest BCUT2D eigenvalue weighted by Crippen LogP contribution is 2.32. The molecule has 1 aromatic heterocycles. The molecule has 0 aliphatic rings. The molecule has 0 saturated heterocycles. The van der Waals surface area contributed by atoms with Crippen molar-refractivity contribution in [3.63, 3.8) is 0 Å². The van der Waals surface area contributed by atoms with Gasteiger partial charge in [0, 0.05) is 10.6 Å². The first-order chi connectivity index (χ1) is 11.3. The van der Waals surface area contributed by atoms with Crippen molar-refractivity contribution in [3.8, 4) is 0 Å². The Morgan fingerprint density at radius 2 is 1.92 bits per heavy atom. The number of esters is 1. The molecule has 0 atom stereocenters. The molecule has 128 valence electrons. The molecule has 0 aliphatic carbocycles. The third kappa shape index (κ3) is 3.76. The minimum atomic E-state index is -2.59. The maximum atomic E-state index is 12.6. The van der Waals surface area contributed by atoms with E-state index < -0.39 is 17.6 Å². The first-order valence-electron chi connectivity index (χ1n) is 6.97. The van der Waals surface area contributed by atoms with Crippen molar-refractivity contribution < 1.29 is 23.1 Å². The van der Waals surface area contributed by atoms with Gasteiger partial charge in [-0.1, -0.05) is 23.9 Å². The number of hydrogen-bond donors (Lipinski definition) is 2. The van der Waals surface area contributed by atoms with Gasteiger partial charge in [-0.2, -0.15) is 8.78 Å². The van der Waals surface area contributed by atoms with Crippen LogP contribution in [-0.2, 0) is 4.74 Å². The number of carbonyl (C=O) groups is 2. The molecule has 8 heteroatoms. The number of methoxy groups -OCH3 is 1. The van der Waals surface area contributed by atoms with Crippen LogP contribution in [0.3, 0.4) is 0 Å². The number of aromatic nitrogens is 1. The van der Waals surface area contributed by atoms with Crippen molar-refractivity contribution in [2.75, 3.05) is 12.4 Å². The predicted molar refractivity (Wildman–Crippen MR) is 87.9 cm³/mol. The Hall–Kier alpha value is -2.35. The Morgan fingerprint density at radius 1 is 1.25 bits per heavy atom. The van der Waals surface area contributed by atoms with E-state index in [4.69, 9.17) is 4.74 Å². The van der Waals surface area contributed by atoms with E-state index in [1.54, 1.807) is 26.0 Å². The van der Waals surface area contributed by atoms with Crippen molar-refractivity contribution in [1.82, 2.24) is 4.98 Å². The lowest BCUT2D eigenvalue weighted by Gasteiger charge is -2.10. The van der Waals surface area contributed by atoms with E-state index >= 15 is 0 Å². The number of carbonyl (C=O) groups excluding carboxylic acids is 2. The van der Waals surface area contributed by atoms with Crippen molar-refractivity contribution in [2.24, 2.45) is 0 Å². The van der Waals surface area contributed by atoms with E-state index in [0.717, 1.165) is 0 Å². The maximum absolute atomic E-state index is 12.6. The van der Waals surface area contributed by atoms with Crippen LogP contribution in [0.5, 0.6) is 0 Å². The molecule has 0 spiro atoms. The summed E-state index contributed by atoms with van der Waals surface area (Å²) in [4.78, 5) is 27.3. The summed E-state index contributed by atoms with van der Waals surface area (Å²) in [6.07, 6.45) is 0. The third-order valence-electron chi connectivity index (χ3n) is 3.41. The van der Waals surface area contributed by atoms with Crippen LogP contribution in [0.2, 0.25) is 0 Å². The fraction of sp³-hybridized carbons (Fsp3) is 0.250. The molecule has 1 aromatic carbocycles. The molecule has 1 amide bonds. The summed E-state index contributed by atoms with van der Waals surface area (Å²) in [5.74, 6) is -3.66. The molecule has 0 saturated carbocycles. The summed E-state index contributed by atoms with van der Waals surface area (Å²) in [6.45, 7) is 3.26. The van der Waals surface area contributed by atoms with E-state index in [0.29, 0.717) is 23.0 Å². The molecule has 0 aliphatic heterocycles. The average molecular weight is 354 g/mol. The Morgan fingerprint density at radius 3 is 2.54 bits per heavy atom. The summed E-state index contributed by atoms with van der Waals surface area (Å²) in [5.41, 5.74) is 1.69. The topological polar surface area (TPSA) is 71.2 Å². The number of amides is 1. The Balaban J connectivity index is 2.30. The van der Waals surface area contributed by atoms with Gasteiger partial charge in [-0.05, 0) is 31.5 Å². The van der Waals surface area contributed by atoms with Gasteiger partial charge in [-0.3, -0.25) is 4.79 Å². The van der Waals surface area contributed by atoms with E-state index in [-0.39, 0.29) is 21.8 Å². The van der Waals surface area contributed by atoms with Gasteiger partial charge in [0.15, 0.2) is 0 Å². The van der Waals surface area contributed by atoms with Gasteiger partial charge in [0.2, 0.25) is 0 Å². The smallest absolute Gasteiger partial charge is 0.339 e. The molecular weight excluding hydrogens is 338 g/mol. The lowest BCUT2D eigenvalue weighted by atomic mass is 10.1. The van der Waals surface area contributed by atoms with Crippen molar-refractivity contribution in [2.45, 2.75) is 24.5 Å². The Bertz CT molecular complexity index is 775. The third-order valence-corrected chi connectivity index (χ3v) is 4.19. The highest BCUT2D eigenvalue weighted by molar-refractivity contribution is 7.99. The summed E-state index contributed by atoms with van der Waals surface area (Å²) in [7, 11) is 1.26. The van der Waals surface area contributed by atoms with Crippen LogP contribution >= 0.6 is 11.8 Å². The molecule has 2 rings (SSSR count). The monoisotopic (exact) mass is 354 g/mol. The summed E-state index contributed by atoms with van der Waals surface area (Å²) in [6, 6.07) is 6.28. The normalized spacial score (nSPS) is 10.8. The number of nitrogens with one attached hydrogen (secondary N) is 2. The zero-order valence-corrected chi connectivity index (χ0v) is 14.1. The fourth-order valence-electron chi connectivity index (χ4n) is 2.34. The number of rotatable bonds is 5. The van der Waals surface area contributed by atoms with E-state index in [1.807, 2.05) is 0 Å². The number of thioether (sulfide) groups is 1. The van der Waals surface area contributed by atoms with Crippen LogP contribution < -0.4 is 5.32 Å². The number of aromatic amines is 1. The standard InChI is InChI=1S/C16H16F2N2O3S/c1-8-12(15(22)23-3)9(2)19-13(8)14(21)20-10-6-4-5-7-11(10)24-16(17)18/h4-7,16,19H,1-3H3,(H,20,21). The molecule has 0 fully saturated rings. The second-order valence-corrected chi connectivity index (χ2v) is 5.98. The van der Waals surface area contributed by atoms with Gasteiger partial charge in [-0.15, -0.1) is 0 Å². The number of alkyl halides is 2.